The second-order valence-corrected chi connectivity index (χ2v) is 2.80. The average Bonchev–Trinajstić information content (AvgIpc) is 2.72. The van der Waals surface area contributed by atoms with Gasteiger partial charge in [0.05, 0.1) is 6.33 Å². The van der Waals surface area contributed by atoms with Gasteiger partial charge in [-0.05, 0) is 6.07 Å². The molecule has 0 amide bonds. The van der Waals surface area contributed by atoms with E-state index in [0.29, 0.717) is 5.95 Å². The largest absolute Gasteiger partial charge is 0.352 e. The Labute approximate surface area is 81.8 Å². The van der Waals surface area contributed by atoms with Crippen molar-refractivity contribution in [1.82, 2.24) is 19.5 Å². The van der Waals surface area contributed by atoms with Crippen LogP contribution in [-0.2, 0) is 6.54 Å². The Morgan fingerprint density at radius 3 is 2.79 bits per heavy atom. The molecule has 0 saturated carbocycles. The molecule has 2 aromatic heterocycles. The highest BCUT2D eigenvalue weighted by atomic mass is 15.1. The second kappa shape index (κ2) is 4.36. The van der Waals surface area contributed by atoms with Crippen molar-refractivity contribution in [2.45, 2.75) is 6.54 Å². The van der Waals surface area contributed by atoms with Crippen LogP contribution in [0.2, 0.25) is 0 Å². The summed E-state index contributed by atoms with van der Waals surface area (Å²) in [5, 5.41) is 3.11. The maximum Gasteiger partial charge on any atom is 0.222 e. The van der Waals surface area contributed by atoms with Crippen LogP contribution in [0.15, 0.2) is 37.2 Å². The van der Waals surface area contributed by atoms with Crippen LogP contribution in [0.4, 0.5) is 5.95 Å². The third kappa shape index (κ3) is 2.29. The molecule has 0 aliphatic heterocycles. The molecule has 5 nitrogen and oxygen atoms in total. The Morgan fingerprint density at radius 2 is 2.07 bits per heavy atom. The summed E-state index contributed by atoms with van der Waals surface area (Å²) >= 11 is 0. The van der Waals surface area contributed by atoms with Crippen LogP contribution in [0.5, 0.6) is 0 Å². The van der Waals surface area contributed by atoms with Crippen molar-refractivity contribution >= 4 is 5.95 Å². The quantitative estimate of drug-likeness (QED) is 0.772. The van der Waals surface area contributed by atoms with E-state index >= 15 is 0 Å². The first-order valence-electron chi connectivity index (χ1n) is 4.42. The minimum absolute atomic E-state index is 0.660. The summed E-state index contributed by atoms with van der Waals surface area (Å²) < 4.78 is 2.00. The number of rotatable bonds is 4. The van der Waals surface area contributed by atoms with Gasteiger partial charge in [0, 0.05) is 37.9 Å². The van der Waals surface area contributed by atoms with Crippen molar-refractivity contribution < 1.29 is 0 Å². The zero-order valence-electron chi connectivity index (χ0n) is 7.67. The van der Waals surface area contributed by atoms with Gasteiger partial charge in [0.2, 0.25) is 5.95 Å². The maximum absolute atomic E-state index is 4.05. The Hall–Kier alpha value is -1.91. The number of nitrogens with zero attached hydrogens (tertiary/aromatic N) is 4. The van der Waals surface area contributed by atoms with Crippen LogP contribution >= 0.6 is 0 Å². The fourth-order valence-electron chi connectivity index (χ4n) is 1.11. The van der Waals surface area contributed by atoms with Crippen LogP contribution in [-0.4, -0.2) is 26.1 Å². The van der Waals surface area contributed by atoms with Gasteiger partial charge in [-0.15, -0.1) is 0 Å². The van der Waals surface area contributed by atoms with E-state index in [9.17, 15) is 0 Å². The van der Waals surface area contributed by atoms with Crippen molar-refractivity contribution in [3.63, 3.8) is 0 Å². The zero-order valence-corrected chi connectivity index (χ0v) is 7.67. The highest BCUT2D eigenvalue weighted by Gasteiger charge is 1.92. The summed E-state index contributed by atoms with van der Waals surface area (Å²) in [4.78, 5) is 12.1. The van der Waals surface area contributed by atoms with E-state index in [2.05, 4.69) is 20.3 Å². The Kier molecular flexibility index (Phi) is 2.70. The summed E-state index contributed by atoms with van der Waals surface area (Å²) in [5.41, 5.74) is 0. The number of nitrogens with one attached hydrogen (secondary N) is 1. The highest BCUT2D eigenvalue weighted by molar-refractivity contribution is 5.21. The van der Waals surface area contributed by atoms with Crippen molar-refractivity contribution in [2.75, 3.05) is 11.9 Å². The topological polar surface area (TPSA) is 55.6 Å². The lowest BCUT2D eigenvalue weighted by Crippen LogP contribution is -2.10. The highest BCUT2D eigenvalue weighted by Crippen LogP contribution is 1.93. The fraction of sp³-hybridized carbons (Fsp3) is 0.222. The Bertz CT molecular complexity index is 356. The summed E-state index contributed by atoms with van der Waals surface area (Å²) in [5.74, 6) is 0.660. The summed E-state index contributed by atoms with van der Waals surface area (Å²) in [6, 6.07) is 1.79. The molecule has 1 N–H and O–H groups in total. The van der Waals surface area contributed by atoms with Gasteiger partial charge in [-0.25, -0.2) is 15.0 Å². The molecule has 0 aromatic carbocycles. The average molecular weight is 189 g/mol. The smallest absolute Gasteiger partial charge is 0.222 e. The van der Waals surface area contributed by atoms with Crippen molar-refractivity contribution in [3.8, 4) is 0 Å². The van der Waals surface area contributed by atoms with E-state index < -0.39 is 0 Å². The third-order valence-electron chi connectivity index (χ3n) is 1.78. The van der Waals surface area contributed by atoms with E-state index in [1.807, 2.05) is 10.8 Å². The Balaban J connectivity index is 1.79. The lowest BCUT2D eigenvalue weighted by atomic mass is 10.6. The van der Waals surface area contributed by atoms with Gasteiger partial charge in [0.1, 0.15) is 0 Å². The zero-order chi connectivity index (χ0) is 9.64. The van der Waals surface area contributed by atoms with Crippen LogP contribution in [0, 0.1) is 0 Å². The number of imidazole rings is 1. The van der Waals surface area contributed by atoms with Crippen LogP contribution in [0.3, 0.4) is 0 Å². The third-order valence-corrected chi connectivity index (χ3v) is 1.78. The van der Waals surface area contributed by atoms with E-state index in [1.54, 1.807) is 31.0 Å². The molecule has 0 spiro atoms. The Morgan fingerprint density at radius 1 is 1.21 bits per heavy atom. The SMILES string of the molecule is c1cnc(NCCn2ccnc2)nc1. The first-order valence-corrected chi connectivity index (χ1v) is 4.42. The second-order valence-electron chi connectivity index (χ2n) is 2.80. The predicted octanol–water partition coefficient (Wildman–Crippen LogP) is 0.785. The van der Waals surface area contributed by atoms with Crippen LogP contribution in [0.1, 0.15) is 0 Å². The minimum atomic E-state index is 0.660. The van der Waals surface area contributed by atoms with E-state index in [4.69, 9.17) is 0 Å². The van der Waals surface area contributed by atoms with Gasteiger partial charge >= 0.3 is 0 Å². The van der Waals surface area contributed by atoms with E-state index in [1.165, 1.54) is 0 Å². The first-order chi connectivity index (χ1) is 6.95. The monoisotopic (exact) mass is 189 g/mol. The fourth-order valence-corrected chi connectivity index (χ4v) is 1.11. The molecule has 0 aliphatic rings. The standard InChI is InChI=1S/C9H11N5/c1-2-11-9(12-3-1)13-5-7-14-6-4-10-8-14/h1-4,6,8H,5,7H2,(H,11,12,13). The number of anilines is 1. The van der Waals surface area contributed by atoms with E-state index in [0.717, 1.165) is 13.1 Å². The molecule has 0 unspecified atom stereocenters. The molecule has 14 heavy (non-hydrogen) atoms. The molecule has 0 fully saturated rings. The van der Waals surface area contributed by atoms with Gasteiger partial charge in [0.15, 0.2) is 0 Å². The summed E-state index contributed by atoms with van der Waals surface area (Å²) in [6.45, 7) is 1.65. The summed E-state index contributed by atoms with van der Waals surface area (Å²) in [7, 11) is 0. The molecule has 0 atom stereocenters. The molecule has 72 valence electrons. The molecule has 5 heteroatoms. The van der Waals surface area contributed by atoms with E-state index in [-0.39, 0.29) is 0 Å². The molecule has 2 aromatic rings. The van der Waals surface area contributed by atoms with Gasteiger partial charge < -0.3 is 9.88 Å². The molecule has 2 heterocycles. The number of hydrogen-bond acceptors (Lipinski definition) is 4. The van der Waals surface area contributed by atoms with Gasteiger partial charge in [-0.1, -0.05) is 0 Å². The molecule has 0 aliphatic carbocycles. The van der Waals surface area contributed by atoms with Crippen LogP contribution < -0.4 is 5.32 Å². The van der Waals surface area contributed by atoms with Crippen LogP contribution in [0.25, 0.3) is 0 Å². The van der Waals surface area contributed by atoms with Gasteiger partial charge in [0.25, 0.3) is 0 Å². The number of aromatic nitrogens is 4. The minimum Gasteiger partial charge on any atom is -0.352 e. The van der Waals surface area contributed by atoms with Crippen molar-refractivity contribution in [3.05, 3.63) is 37.2 Å². The molecule has 0 radical (unpaired) electrons. The molecular formula is C9H11N5. The first kappa shape index (κ1) is 8.68. The van der Waals surface area contributed by atoms with Crippen molar-refractivity contribution in [2.24, 2.45) is 0 Å². The van der Waals surface area contributed by atoms with Crippen molar-refractivity contribution in [1.29, 1.82) is 0 Å². The molecule has 0 bridgehead atoms. The normalized spacial score (nSPS) is 10.0. The lowest BCUT2D eigenvalue weighted by molar-refractivity contribution is 0.723. The molecular weight excluding hydrogens is 178 g/mol. The maximum atomic E-state index is 4.05. The van der Waals surface area contributed by atoms with Gasteiger partial charge in [-0.3, -0.25) is 0 Å². The summed E-state index contributed by atoms with van der Waals surface area (Å²) in [6.07, 6.45) is 8.90. The molecule has 2 rings (SSSR count). The molecule has 0 saturated heterocycles. The van der Waals surface area contributed by atoms with Gasteiger partial charge in [-0.2, -0.15) is 0 Å². The number of hydrogen-bond donors (Lipinski definition) is 1. The predicted molar refractivity (Wildman–Crippen MR) is 52.7 cm³/mol. The lowest BCUT2D eigenvalue weighted by Gasteiger charge is -2.03.